The first-order valence-electron chi connectivity index (χ1n) is 9.89. The largest absolute Gasteiger partial charge is 0.468 e. The van der Waals surface area contributed by atoms with E-state index in [-0.39, 0.29) is 11.7 Å². The minimum Gasteiger partial charge on any atom is -0.468 e. The van der Waals surface area contributed by atoms with Crippen LogP contribution in [0, 0.1) is 0 Å². The average molecular weight is 391 g/mol. The maximum Gasteiger partial charge on any atom is 0.251 e. The molecular formula is C23H25N3O3. The lowest BCUT2D eigenvalue weighted by Gasteiger charge is -2.20. The molecular weight excluding hydrogens is 366 g/mol. The number of ether oxygens (including phenoxy) is 1. The van der Waals surface area contributed by atoms with Gasteiger partial charge in [0.15, 0.2) is 0 Å². The van der Waals surface area contributed by atoms with Gasteiger partial charge in [-0.2, -0.15) is 0 Å². The highest BCUT2D eigenvalue weighted by atomic mass is 16.5. The van der Waals surface area contributed by atoms with E-state index < -0.39 is 0 Å². The summed E-state index contributed by atoms with van der Waals surface area (Å²) in [6.07, 6.45) is 5.38. The van der Waals surface area contributed by atoms with Crippen molar-refractivity contribution in [2.24, 2.45) is 0 Å². The Labute approximate surface area is 169 Å². The maximum atomic E-state index is 12.2. The maximum absolute atomic E-state index is 12.2. The molecule has 0 radical (unpaired) electrons. The SMILES string of the molecule is C=CCN(Cc1cccc(-c2nc(C3CCCO3)cc(=O)[nH]2)c1)Cc1ccco1. The van der Waals surface area contributed by atoms with Crippen LogP contribution < -0.4 is 5.56 Å². The van der Waals surface area contributed by atoms with E-state index in [2.05, 4.69) is 33.6 Å². The molecule has 29 heavy (non-hydrogen) atoms. The Kier molecular flexibility index (Phi) is 6.03. The van der Waals surface area contributed by atoms with Gasteiger partial charge in [0.25, 0.3) is 5.56 Å². The number of aromatic amines is 1. The number of rotatable bonds is 8. The highest BCUT2D eigenvalue weighted by Crippen LogP contribution is 2.27. The summed E-state index contributed by atoms with van der Waals surface area (Å²) in [5.41, 5.74) is 2.56. The second-order valence-electron chi connectivity index (χ2n) is 7.26. The zero-order valence-corrected chi connectivity index (χ0v) is 16.3. The highest BCUT2D eigenvalue weighted by Gasteiger charge is 2.20. The quantitative estimate of drug-likeness (QED) is 0.586. The molecule has 6 nitrogen and oxygen atoms in total. The zero-order chi connectivity index (χ0) is 20.1. The first-order chi connectivity index (χ1) is 14.2. The lowest BCUT2D eigenvalue weighted by atomic mass is 10.1. The Bertz CT molecular complexity index is 1000. The van der Waals surface area contributed by atoms with Gasteiger partial charge in [0.1, 0.15) is 11.6 Å². The molecule has 2 aromatic heterocycles. The van der Waals surface area contributed by atoms with Crippen molar-refractivity contribution in [2.45, 2.75) is 32.0 Å². The van der Waals surface area contributed by atoms with Gasteiger partial charge in [-0.25, -0.2) is 4.98 Å². The molecule has 1 fully saturated rings. The molecule has 1 aliphatic heterocycles. The van der Waals surface area contributed by atoms with Crippen LogP contribution in [0.1, 0.15) is 36.0 Å². The number of furan rings is 1. The van der Waals surface area contributed by atoms with Gasteiger partial charge >= 0.3 is 0 Å². The predicted octanol–water partition coefficient (Wildman–Crippen LogP) is 4.07. The summed E-state index contributed by atoms with van der Waals surface area (Å²) in [6, 6.07) is 13.5. The van der Waals surface area contributed by atoms with Gasteiger partial charge in [-0.3, -0.25) is 9.69 Å². The second-order valence-corrected chi connectivity index (χ2v) is 7.26. The molecule has 3 aromatic rings. The third-order valence-electron chi connectivity index (χ3n) is 4.97. The zero-order valence-electron chi connectivity index (χ0n) is 16.3. The lowest BCUT2D eigenvalue weighted by Crippen LogP contribution is -2.22. The molecule has 0 aliphatic carbocycles. The topological polar surface area (TPSA) is 71.4 Å². The molecule has 4 rings (SSSR count). The standard InChI is InChI=1S/C23H25N3O3/c1-2-10-26(16-19-8-4-11-28-19)15-17-6-3-7-18(13-17)23-24-20(14-22(27)25-23)21-9-5-12-29-21/h2-4,6-8,11,13-14,21H,1,5,9-10,12,15-16H2,(H,24,25,27). The monoisotopic (exact) mass is 391 g/mol. The van der Waals surface area contributed by atoms with Crippen molar-refractivity contribution in [3.8, 4) is 11.4 Å². The fourth-order valence-electron chi connectivity index (χ4n) is 3.65. The van der Waals surface area contributed by atoms with Crippen molar-refractivity contribution in [3.63, 3.8) is 0 Å². The number of nitrogens with zero attached hydrogens (tertiary/aromatic N) is 2. The van der Waals surface area contributed by atoms with Gasteiger partial charge in [0, 0.05) is 31.3 Å². The van der Waals surface area contributed by atoms with Crippen LogP contribution in [0.25, 0.3) is 11.4 Å². The molecule has 0 bridgehead atoms. The van der Waals surface area contributed by atoms with E-state index in [9.17, 15) is 4.79 Å². The van der Waals surface area contributed by atoms with Gasteiger partial charge in [-0.15, -0.1) is 6.58 Å². The molecule has 3 heterocycles. The van der Waals surface area contributed by atoms with Gasteiger partial charge in [-0.05, 0) is 36.6 Å². The van der Waals surface area contributed by atoms with Gasteiger partial charge in [-0.1, -0.05) is 24.3 Å². The molecule has 1 atom stereocenters. The van der Waals surface area contributed by atoms with Gasteiger partial charge < -0.3 is 14.1 Å². The van der Waals surface area contributed by atoms with Crippen LogP contribution in [0.2, 0.25) is 0 Å². The fraction of sp³-hybridized carbons (Fsp3) is 0.304. The molecule has 1 aliphatic rings. The first-order valence-corrected chi connectivity index (χ1v) is 9.89. The van der Waals surface area contributed by atoms with Crippen LogP contribution in [0.5, 0.6) is 0 Å². The van der Waals surface area contributed by atoms with Crippen molar-refractivity contribution in [1.29, 1.82) is 0 Å². The van der Waals surface area contributed by atoms with Crippen LogP contribution in [0.3, 0.4) is 0 Å². The molecule has 1 N–H and O–H groups in total. The van der Waals surface area contributed by atoms with E-state index in [0.717, 1.165) is 49.4 Å². The summed E-state index contributed by atoms with van der Waals surface area (Å²) in [6.45, 7) is 6.76. The Morgan fingerprint density at radius 3 is 2.93 bits per heavy atom. The minimum atomic E-state index is -0.156. The van der Waals surface area contributed by atoms with Crippen LogP contribution in [-0.4, -0.2) is 28.0 Å². The normalized spacial score (nSPS) is 16.4. The van der Waals surface area contributed by atoms with Crippen LogP contribution >= 0.6 is 0 Å². The van der Waals surface area contributed by atoms with E-state index in [1.54, 1.807) is 12.3 Å². The molecule has 0 amide bonds. The minimum absolute atomic E-state index is 0.0874. The second kappa shape index (κ2) is 9.03. The Hall–Kier alpha value is -2.96. The van der Waals surface area contributed by atoms with Gasteiger partial charge in [0.05, 0.1) is 24.6 Å². The summed E-state index contributed by atoms with van der Waals surface area (Å²) in [5, 5.41) is 0. The summed E-state index contributed by atoms with van der Waals surface area (Å²) in [5.74, 6) is 1.49. The highest BCUT2D eigenvalue weighted by molar-refractivity contribution is 5.56. The van der Waals surface area contributed by atoms with Crippen molar-refractivity contribution >= 4 is 0 Å². The Balaban J connectivity index is 1.56. The summed E-state index contributed by atoms with van der Waals surface area (Å²) >= 11 is 0. The van der Waals surface area contributed by atoms with Gasteiger partial charge in [0.2, 0.25) is 0 Å². The molecule has 1 aromatic carbocycles. The van der Waals surface area contributed by atoms with Crippen LogP contribution in [0.15, 0.2) is 70.6 Å². The van der Waals surface area contributed by atoms with E-state index in [0.29, 0.717) is 18.1 Å². The predicted molar refractivity (Wildman–Crippen MR) is 111 cm³/mol. The molecule has 0 spiro atoms. The van der Waals surface area contributed by atoms with Crippen LogP contribution in [-0.2, 0) is 17.8 Å². The molecule has 6 heteroatoms. The Morgan fingerprint density at radius 2 is 2.17 bits per heavy atom. The third kappa shape index (κ3) is 4.91. The number of benzene rings is 1. The number of aromatic nitrogens is 2. The van der Waals surface area contributed by atoms with E-state index in [1.807, 2.05) is 30.3 Å². The lowest BCUT2D eigenvalue weighted by molar-refractivity contribution is 0.108. The molecule has 1 unspecified atom stereocenters. The van der Waals surface area contributed by atoms with Crippen LogP contribution in [0.4, 0.5) is 0 Å². The summed E-state index contributed by atoms with van der Waals surface area (Å²) < 4.78 is 11.2. The fourth-order valence-corrected chi connectivity index (χ4v) is 3.65. The number of nitrogens with one attached hydrogen (secondary N) is 1. The van der Waals surface area contributed by atoms with E-state index >= 15 is 0 Å². The number of hydrogen-bond donors (Lipinski definition) is 1. The first kappa shape index (κ1) is 19.4. The van der Waals surface area contributed by atoms with Crippen molar-refractivity contribution in [1.82, 2.24) is 14.9 Å². The molecule has 0 saturated carbocycles. The number of H-pyrrole nitrogens is 1. The average Bonchev–Trinajstić information content (AvgIpc) is 3.42. The van der Waals surface area contributed by atoms with E-state index in [4.69, 9.17) is 9.15 Å². The number of hydrogen-bond acceptors (Lipinski definition) is 5. The Morgan fingerprint density at radius 1 is 1.24 bits per heavy atom. The van der Waals surface area contributed by atoms with Crippen molar-refractivity contribution in [2.75, 3.05) is 13.2 Å². The van der Waals surface area contributed by atoms with Crippen molar-refractivity contribution < 1.29 is 9.15 Å². The van der Waals surface area contributed by atoms with Crippen molar-refractivity contribution in [3.05, 3.63) is 88.8 Å². The molecule has 1 saturated heterocycles. The third-order valence-corrected chi connectivity index (χ3v) is 4.97. The molecule has 150 valence electrons. The van der Waals surface area contributed by atoms with E-state index in [1.165, 1.54) is 0 Å². The summed E-state index contributed by atoms with van der Waals surface area (Å²) in [7, 11) is 0. The smallest absolute Gasteiger partial charge is 0.251 e. The summed E-state index contributed by atoms with van der Waals surface area (Å²) in [4.78, 5) is 22.0.